The molecule has 0 unspecified atom stereocenters. The molecule has 3 nitrogen and oxygen atoms in total. The van der Waals surface area contributed by atoms with Gasteiger partial charge >= 0.3 is 0 Å². The van der Waals surface area contributed by atoms with Gasteiger partial charge in [-0.2, -0.15) is 0 Å². The first-order valence-electron chi connectivity index (χ1n) is 5.71. The molecule has 0 heterocycles. The van der Waals surface area contributed by atoms with Crippen molar-refractivity contribution in [2.45, 2.75) is 0 Å². The van der Waals surface area contributed by atoms with Crippen molar-refractivity contribution in [3.8, 4) is 5.75 Å². The van der Waals surface area contributed by atoms with Crippen molar-refractivity contribution in [3.63, 3.8) is 0 Å². The summed E-state index contributed by atoms with van der Waals surface area (Å²) >= 11 is 14.6. The van der Waals surface area contributed by atoms with E-state index in [9.17, 15) is 0 Å². The average molecular weight is 372 g/mol. The van der Waals surface area contributed by atoms with Crippen molar-refractivity contribution in [2.75, 3.05) is 12.4 Å². The number of thiocarbonyl (C=S) groups is 1. The van der Waals surface area contributed by atoms with Crippen molar-refractivity contribution in [2.24, 2.45) is 5.73 Å². The SMILES string of the molecule is COc1cc(Br)cc(Nc2cccc(Cl)c2C(N)=S)c1. The lowest BCUT2D eigenvalue weighted by Gasteiger charge is -2.13. The second-order valence-electron chi connectivity index (χ2n) is 4.03. The Hall–Kier alpha value is -1.30. The fourth-order valence-corrected chi connectivity index (χ4v) is 2.81. The van der Waals surface area contributed by atoms with Crippen LogP contribution in [-0.2, 0) is 0 Å². The van der Waals surface area contributed by atoms with E-state index in [-0.39, 0.29) is 4.99 Å². The van der Waals surface area contributed by atoms with E-state index < -0.39 is 0 Å². The van der Waals surface area contributed by atoms with Gasteiger partial charge in [0.15, 0.2) is 0 Å². The van der Waals surface area contributed by atoms with Gasteiger partial charge in [0.25, 0.3) is 0 Å². The molecular formula is C14H12BrClN2OS. The van der Waals surface area contributed by atoms with Crippen molar-refractivity contribution in [3.05, 3.63) is 51.5 Å². The molecule has 104 valence electrons. The molecule has 0 spiro atoms. The van der Waals surface area contributed by atoms with E-state index in [1.54, 1.807) is 13.2 Å². The van der Waals surface area contributed by atoms with Gasteiger partial charge in [-0.25, -0.2) is 0 Å². The highest BCUT2D eigenvalue weighted by atomic mass is 79.9. The molecule has 2 rings (SSSR count). The lowest BCUT2D eigenvalue weighted by Crippen LogP contribution is -2.12. The van der Waals surface area contributed by atoms with Gasteiger partial charge in [0, 0.05) is 16.2 Å². The number of ether oxygens (including phenoxy) is 1. The van der Waals surface area contributed by atoms with Crippen molar-refractivity contribution in [1.29, 1.82) is 0 Å². The fraction of sp³-hybridized carbons (Fsp3) is 0.0714. The summed E-state index contributed by atoms with van der Waals surface area (Å²) in [5.74, 6) is 0.737. The highest BCUT2D eigenvalue weighted by Gasteiger charge is 2.10. The summed E-state index contributed by atoms with van der Waals surface area (Å²) < 4.78 is 6.13. The van der Waals surface area contributed by atoms with Crippen LogP contribution in [0.5, 0.6) is 5.75 Å². The first-order valence-corrected chi connectivity index (χ1v) is 7.29. The number of hydrogen-bond acceptors (Lipinski definition) is 3. The maximum absolute atomic E-state index is 6.14. The van der Waals surface area contributed by atoms with Gasteiger partial charge in [-0.3, -0.25) is 0 Å². The summed E-state index contributed by atoms with van der Waals surface area (Å²) in [4.78, 5) is 0.250. The maximum Gasteiger partial charge on any atom is 0.122 e. The Kier molecular flexibility index (Phi) is 4.86. The average Bonchev–Trinajstić information content (AvgIpc) is 2.37. The van der Waals surface area contributed by atoms with Gasteiger partial charge in [-0.1, -0.05) is 45.8 Å². The number of hydrogen-bond donors (Lipinski definition) is 2. The topological polar surface area (TPSA) is 47.3 Å². The Morgan fingerprint density at radius 3 is 2.75 bits per heavy atom. The first-order chi connectivity index (χ1) is 9.51. The highest BCUT2D eigenvalue weighted by molar-refractivity contribution is 9.10. The molecule has 0 saturated carbocycles. The van der Waals surface area contributed by atoms with Crippen LogP contribution in [-0.4, -0.2) is 12.1 Å². The molecule has 0 bridgehead atoms. The van der Waals surface area contributed by atoms with Crippen molar-refractivity contribution < 1.29 is 4.74 Å². The second kappa shape index (κ2) is 6.43. The minimum atomic E-state index is 0.250. The highest BCUT2D eigenvalue weighted by Crippen LogP contribution is 2.30. The molecule has 0 aliphatic rings. The quantitative estimate of drug-likeness (QED) is 0.777. The van der Waals surface area contributed by atoms with E-state index in [0.717, 1.165) is 21.6 Å². The van der Waals surface area contributed by atoms with Crippen LogP contribution in [0.2, 0.25) is 5.02 Å². The number of nitrogens with one attached hydrogen (secondary N) is 1. The Balaban J connectivity index is 2.42. The van der Waals surface area contributed by atoms with Crippen molar-refractivity contribution >= 4 is 56.1 Å². The Morgan fingerprint density at radius 1 is 1.35 bits per heavy atom. The van der Waals surface area contributed by atoms with Crippen molar-refractivity contribution in [1.82, 2.24) is 0 Å². The summed E-state index contributed by atoms with van der Waals surface area (Å²) in [5, 5.41) is 3.77. The number of halogens is 2. The molecule has 0 amide bonds. The molecule has 20 heavy (non-hydrogen) atoms. The Bertz CT molecular complexity index is 664. The van der Waals surface area contributed by atoms with Crippen LogP contribution in [0.15, 0.2) is 40.9 Å². The van der Waals surface area contributed by atoms with Crippen LogP contribution in [0.25, 0.3) is 0 Å². The Labute approximate surface area is 136 Å². The molecule has 2 aromatic rings. The lowest BCUT2D eigenvalue weighted by molar-refractivity contribution is 0.415. The van der Waals surface area contributed by atoms with Crippen LogP contribution in [0, 0.1) is 0 Å². The van der Waals surface area contributed by atoms with Crippen LogP contribution in [0.1, 0.15) is 5.56 Å². The zero-order valence-electron chi connectivity index (χ0n) is 10.6. The normalized spacial score (nSPS) is 10.2. The molecule has 0 atom stereocenters. The third kappa shape index (κ3) is 3.42. The monoisotopic (exact) mass is 370 g/mol. The standard InChI is InChI=1S/C14H12BrClN2OS/c1-19-10-6-8(15)5-9(7-10)18-12-4-2-3-11(16)13(12)14(17)20/h2-7,18H,1H3,(H2,17,20). The van der Waals surface area contributed by atoms with Crippen LogP contribution < -0.4 is 15.8 Å². The van der Waals surface area contributed by atoms with E-state index in [1.807, 2.05) is 30.3 Å². The molecule has 0 aliphatic heterocycles. The molecule has 2 aromatic carbocycles. The molecule has 6 heteroatoms. The number of nitrogens with two attached hydrogens (primary N) is 1. The Morgan fingerprint density at radius 2 is 2.10 bits per heavy atom. The molecule has 0 aliphatic carbocycles. The number of anilines is 2. The third-order valence-corrected chi connectivity index (χ3v) is 3.62. The number of benzene rings is 2. The van der Waals surface area contributed by atoms with Gasteiger partial charge < -0.3 is 15.8 Å². The van der Waals surface area contributed by atoms with E-state index >= 15 is 0 Å². The van der Waals surface area contributed by atoms with Crippen LogP contribution in [0.3, 0.4) is 0 Å². The lowest BCUT2D eigenvalue weighted by atomic mass is 10.1. The first kappa shape index (κ1) is 15.1. The number of methoxy groups -OCH3 is 1. The van der Waals surface area contributed by atoms with E-state index in [1.165, 1.54) is 0 Å². The van der Waals surface area contributed by atoms with E-state index in [0.29, 0.717) is 10.6 Å². The minimum Gasteiger partial charge on any atom is -0.497 e. The maximum atomic E-state index is 6.14. The summed E-state index contributed by atoms with van der Waals surface area (Å²) in [7, 11) is 1.62. The second-order valence-corrected chi connectivity index (χ2v) is 5.79. The van der Waals surface area contributed by atoms with E-state index in [2.05, 4.69) is 21.2 Å². The van der Waals surface area contributed by atoms with E-state index in [4.69, 9.17) is 34.3 Å². The summed E-state index contributed by atoms with van der Waals surface area (Å²) in [6.07, 6.45) is 0. The van der Waals surface area contributed by atoms with Crippen LogP contribution >= 0.6 is 39.7 Å². The van der Waals surface area contributed by atoms with Gasteiger partial charge in [-0.05, 0) is 24.3 Å². The van der Waals surface area contributed by atoms with Gasteiger partial charge in [0.1, 0.15) is 10.7 Å². The largest absolute Gasteiger partial charge is 0.497 e. The predicted molar refractivity (Wildman–Crippen MR) is 91.3 cm³/mol. The summed E-state index contributed by atoms with van der Waals surface area (Å²) in [6, 6.07) is 11.1. The molecular weight excluding hydrogens is 360 g/mol. The van der Waals surface area contributed by atoms with Gasteiger partial charge in [-0.15, -0.1) is 0 Å². The summed E-state index contributed by atoms with van der Waals surface area (Å²) in [6.45, 7) is 0. The molecule has 3 N–H and O–H groups in total. The molecule has 0 saturated heterocycles. The zero-order chi connectivity index (χ0) is 14.7. The van der Waals surface area contributed by atoms with Crippen LogP contribution in [0.4, 0.5) is 11.4 Å². The fourth-order valence-electron chi connectivity index (χ4n) is 1.79. The summed E-state index contributed by atoms with van der Waals surface area (Å²) in [5.41, 5.74) is 7.95. The van der Waals surface area contributed by atoms with Gasteiger partial charge in [0.05, 0.1) is 23.4 Å². The molecule has 0 radical (unpaired) electrons. The number of rotatable bonds is 4. The molecule has 0 fully saturated rings. The third-order valence-electron chi connectivity index (χ3n) is 2.65. The minimum absolute atomic E-state index is 0.250. The molecule has 0 aromatic heterocycles. The smallest absolute Gasteiger partial charge is 0.122 e. The zero-order valence-corrected chi connectivity index (χ0v) is 13.8. The van der Waals surface area contributed by atoms with Gasteiger partial charge in [0.2, 0.25) is 0 Å². The predicted octanol–water partition coefficient (Wildman–Crippen LogP) is 4.49.